The Bertz CT molecular complexity index is 506. The summed E-state index contributed by atoms with van der Waals surface area (Å²) in [6, 6.07) is 1.80. The van der Waals surface area contributed by atoms with Crippen LogP contribution in [0.3, 0.4) is 0 Å². The molecule has 5 nitrogen and oxygen atoms in total. The maximum Gasteiger partial charge on any atom is 0.242 e. The maximum atomic E-state index is 12.5. The molecule has 0 aliphatic carbocycles. The molecular formula is C14H26N2O3S2. The molecule has 0 bridgehead atoms. The number of nitrogens with one attached hydrogen (secondary N) is 2. The first-order chi connectivity index (χ1) is 9.90. The molecule has 0 aromatic carbocycles. The molecule has 1 heterocycles. The predicted molar refractivity (Wildman–Crippen MR) is 87.2 cm³/mol. The van der Waals surface area contributed by atoms with Crippen molar-refractivity contribution in [3.05, 3.63) is 16.3 Å². The van der Waals surface area contributed by atoms with Crippen LogP contribution >= 0.6 is 11.3 Å². The maximum absolute atomic E-state index is 12.5. The number of rotatable bonds is 10. The van der Waals surface area contributed by atoms with Crippen molar-refractivity contribution in [3.63, 3.8) is 0 Å². The summed E-state index contributed by atoms with van der Waals surface area (Å²) in [5, 5.41) is 5.07. The predicted octanol–water partition coefficient (Wildman–Crippen LogP) is 2.34. The Morgan fingerprint density at radius 3 is 2.67 bits per heavy atom. The number of hydrogen-bond acceptors (Lipinski definition) is 5. The fourth-order valence-corrected chi connectivity index (χ4v) is 4.65. The second-order valence-corrected chi connectivity index (χ2v) is 7.99. The number of ether oxygens (including phenoxy) is 1. The molecule has 0 aliphatic rings. The van der Waals surface area contributed by atoms with Gasteiger partial charge in [0.15, 0.2) is 0 Å². The fourth-order valence-electron chi connectivity index (χ4n) is 2.00. The summed E-state index contributed by atoms with van der Waals surface area (Å²) in [5.41, 5.74) is 0. The summed E-state index contributed by atoms with van der Waals surface area (Å²) in [6.45, 7) is 7.05. The second-order valence-electron chi connectivity index (χ2n) is 5.31. The van der Waals surface area contributed by atoms with Gasteiger partial charge in [0, 0.05) is 30.6 Å². The molecule has 1 aromatic rings. The Kier molecular flexibility index (Phi) is 7.83. The van der Waals surface area contributed by atoms with Crippen molar-refractivity contribution >= 4 is 21.4 Å². The largest absolute Gasteiger partial charge is 0.383 e. The van der Waals surface area contributed by atoms with E-state index in [1.807, 2.05) is 26.2 Å². The Labute approximate surface area is 132 Å². The molecule has 122 valence electrons. The van der Waals surface area contributed by atoms with Gasteiger partial charge >= 0.3 is 0 Å². The zero-order chi connectivity index (χ0) is 15.9. The lowest BCUT2D eigenvalue weighted by molar-refractivity contribution is 0.171. The highest BCUT2D eigenvalue weighted by atomic mass is 32.2. The molecule has 1 rings (SSSR count). The van der Waals surface area contributed by atoms with Crippen molar-refractivity contribution in [2.24, 2.45) is 0 Å². The first kappa shape index (κ1) is 18.6. The molecule has 1 unspecified atom stereocenters. The van der Waals surface area contributed by atoms with Gasteiger partial charge in [0.1, 0.15) is 0 Å². The summed E-state index contributed by atoms with van der Waals surface area (Å²) < 4.78 is 32.9. The van der Waals surface area contributed by atoms with E-state index in [2.05, 4.69) is 10.0 Å². The molecule has 0 fully saturated rings. The number of sulfonamides is 1. The van der Waals surface area contributed by atoms with Crippen LogP contribution in [0.25, 0.3) is 0 Å². The molecule has 0 saturated carbocycles. The minimum absolute atomic E-state index is 0.184. The molecule has 0 saturated heterocycles. The Morgan fingerprint density at radius 2 is 2.10 bits per heavy atom. The van der Waals surface area contributed by atoms with Crippen LogP contribution in [-0.2, 0) is 21.3 Å². The molecule has 7 heteroatoms. The quantitative estimate of drug-likeness (QED) is 0.689. The summed E-state index contributed by atoms with van der Waals surface area (Å²) in [5.74, 6) is 0. The van der Waals surface area contributed by atoms with E-state index < -0.39 is 10.0 Å². The van der Waals surface area contributed by atoms with Gasteiger partial charge in [0.25, 0.3) is 0 Å². The molecule has 1 atom stereocenters. The van der Waals surface area contributed by atoms with Crippen molar-refractivity contribution in [1.82, 2.24) is 10.0 Å². The topological polar surface area (TPSA) is 67.4 Å². The lowest BCUT2D eigenvalue weighted by Crippen LogP contribution is -2.38. The molecule has 0 spiro atoms. The highest BCUT2D eigenvalue weighted by Crippen LogP contribution is 2.22. The monoisotopic (exact) mass is 334 g/mol. The van der Waals surface area contributed by atoms with Crippen LogP contribution in [-0.4, -0.2) is 34.2 Å². The number of hydrogen-bond donors (Lipinski definition) is 2. The number of thiophene rings is 1. The Balaban J connectivity index is 2.84. The van der Waals surface area contributed by atoms with Gasteiger partial charge in [0.05, 0.1) is 11.5 Å². The fraction of sp³-hybridized carbons (Fsp3) is 0.714. The normalized spacial score (nSPS) is 13.8. The average Bonchev–Trinajstić information content (AvgIpc) is 2.85. The molecule has 21 heavy (non-hydrogen) atoms. The molecule has 0 amide bonds. The van der Waals surface area contributed by atoms with Crippen molar-refractivity contribution < 1.29 is 13.2 Å². The van der Waals surface area contributed by atoms with Crippen molar-refractivity contribution in [2.75, 3.05) is 13.7 Å². The van der Waals surface area contributed by atoms with Crippen LogP contribution in [0.15, 0.2) is 16.3 Å². The van der Waals surface area contributed by atoms with Crippen LogP contribution in [0, 0.1) is 0 Å². The van der Waals surface area contributed by atoms with Crippen LogP contribution in [0.1, 0.15) is 38.5 Å². The minimum atomic E-state index is -3.50. The van der Waals surface area contributed by atoms with Crippen LogP contribution in [0.2, 0.25) is 0 Å². The van der Waals surface area contributed by atoms with Gasteiger partial charge in [-0.25, -0.2) is 13.1 Å². The van der Waals surface area contributed by atoms with E-state index in [4.69, 9.17) is 4.74 Å². The molecule has 1 aromatic heterocycles. The van der Waals surface area contributed by atoms with Crippen molar-refractivity contribution in [1.29, 1.82) is 0 Å². The summed E-state index contributed by atoms with van der Waals surface area (Å²) in [7, 11) is -1.92. The SMILES string of the molecule is CCCC(COC)NS(=O)(=O)c1ccsc1CNC(C)C. The summed E-state index contributed by atoms with van der Waals surface area (Å²) in [6.07, 6.45) is 1.67. The zero-order valence-corrected chi connectivity index (χ0v) is 14.8. The first-order valence-electron chi connectivity index (χ1n) is 7.21. The average molecular weight is 335 g/mol. The van der Waals surface area contributed by atoms with E-state index in [-0.39, 0.29) is 6.04 Å². The van der Waals surface area contributed by atoms with Gasteiger partial charge in [-0.1, -0.05) is 27.2 Å². The van der Waals surface area contributed by atoms with Gasteiger partial charge in [-0.05, 0) is 17.9 Å². The molecular weight excluding hydrogens is 308 g/mol. The van der Waals surface area contributed by atoms with Gasteiger partial charge in [0.2, 0.25) is 10.0 Å². The van der Waals surface area contributed by atoms with Gasteiger partial charge < -0.3 is 10.1 Å². The summed E-state index contributed by atoms with van der Waals surface area (Å²) in [4.78, 5) is 1.21. The van der Waals surface area contributed by atoms with E-state index in [0.29, 0.717) is 24.1 Å². The van der Waals surface area contributed by atoms with Gasteiger partial charge in [-0.15, -0.1) is 11.3 Å². The van der Waals surface area contributed by atoms with E-state index in [1.165, 1.54) is 11.3 Å². The van der Waals surface area contributed by atoms with Crippen LogP contribution < -0.4 is 10.0 Å². The van der Waals surface area contributed by atoms with Crippen LogP contribution in [0.4, 0.5) is 0 Å². The smallest absolute Gasteiger partial charge is 0.242 e. The standard InChI is InChI=1S/C14H26N2O3S2/c1-5-6-12(10-19-4)16-21(17,18)14-7-8-20-13(14)9-15-11(2)3/h7-8,11-12,15-16H,5-6,9-10H2,1-4H3. The van der Waals surface area contributed by atoms with Crippen molar-refractivity contribution in [3.8, 4) is 0 Å². The first-order valence-corrected chi connectivity index (χ1v) is 9.58. The van der Waals surface area contributed by atoms with Gasteiger partial charge in [-0.2, -0.15) is 0 Å². The van der Waals surface area contributed by atoms with E-state index in [9.17, 15) is 8.42 Å². The third kappa shape index (κ3) is 6.04. The Morgan fingerprint density at radius 1 is 1.38 bits per heavy atom. The minimum Gasteiger partial charge on any atom is -0.383 e. The molecule has 2 N–H and O–H groups in total. The highest BCUT2D eigenvalue weighted by Gasteiger charge is 2.23. The molecule has 0 radical (unpaired) electrons. The highest BCUT2D eigenvalue weighted by molar-refractivity contribution is 7.89. The lowest BCUT2D eigenvalue weighted by atomic mass is 10.2. The number of methoxy groups -OCH3 is 1. The van der Waals surface area contributed by atoms with Gasteiger partial charge in [-0.3, -0.25) is 0 Å². The van der Waals surface area contributed by atoms with E-state index in [0.717, 1.165) is 17.7 Å². The van der Waals surface area contributed by atoms with Crippen molar-refractivity contribution in [2.45, 2.75) is 57.1 Å². The second kappa shape index (κ2) is 8.85. The van der Waals surface area contributed by atoms with E-state index >= 15 is 0 Å². The third-order valence-corrected chi connectivity index (χ3v) is 5.65. The van der Waals surface area contributed by atoms with E-state index in [1.54, 1.807) is 13.2 Å². The Hall–Kier alpha value is -0.470. The summed E-state index contributed by atoms with van der Waals surface area (Å²) >= 11 is 1.46. The molecule has 0 aliphatic heterocycles. The zero-order valence-electron chi connectivity index (χ0n) is 13.2. The van der Waals surface area contributed by atoms with Crippen LogP contribution in [0.5, 0.6) is 0 Å². The third-order valence-electron chi connectivity index (χ3n) is 2.99. The lowest BCUT2D eigenvalue weighted by Gasteiger charge is -2.17.